The minimum absolute atomic E-state index is 0.0426. The lowest BCUT2D eigenvalue weighted by atomic mass is 10.0. The highest BCUT2D eigenvalue weighted by atomic mass is 32.2. The number of aryl methyl sites for hydroxylation is 1. The summed E-state index contributed by atoms with van der Waals surface area (Å²) in [4.78, 5) is 40.6. The second-order valence-corrected chi connectivity index (χ2v) is 7.38. The number of carbonyl (C=O) groups is 2. The molecule has 0 saturated heterocycles. The van der Waals surface area contributed by atoms with Crippen molar-refractivity contribution in [2.24, 2.45) is 7.05 Å². The number of carbonyl (C=O) groups excluding carboxylic acids is 2. The molecule has 0 spiro atoms. The third-order valence-corrected chi connectivity index (χ3v) is 5.38. The lowest BCUT2D eigenvalue weighted by Crippen LogP contribution is -2.34. The Balaban J connectivity index is 1.94. The molecule has 1 amide bonds. The van der Waals surface area contributed by atoms with Gasteiger partial charge < -0.3 is 15.8 Å². The van der Waals surface area contributed by atoms with E-state index in [9.17, 15) is 24.9 Å². The summed E-state index contributed by atoms with van der Waals surface area (Å²) in [5.41, 5.74) is 5.07. The van der Waals surface area contributed by atoms with E-state index in [1.807, 2.05) is 12.1 Å². The smallest absolute Gasteiger partial charge is 0.435 e. The summed E-state index contributed by atoms with van der Waals surface area (Å²) >= 11 is 0.872. The number of methoxy groups -OCH3 is 1. The number of thioether (sulfide) groups is 1. The van der Waals surface area contributed by atoms with Crippen LogP contribution in [0.3, 0.4) is 0 Å². The number of anilines is 2. The van der Waals surface area contributed by atoms with E-state index in [0.717, 1.165) is 11.8 Å². The van der Waals surface area contributed by atoms with E-state index >= 15 is 0 Å². The summed E-state index contributed by atoms with van der Waals surface area (Å²) in [6.07, 6.45) is 0. The highest BCUT2D eigenvalue weighted by Gasteiger charge is 2.31. The predicted molar refractivity (Wildman–Crippen MR) is 115 cm³/mol. The zero-order valence-corrected chi connectivity index (χ0v) is 18.1. The third kappa shape index (κ3) is 4.53. The molecule has 0 bridgehead atoms. The van der Waals surface area contributed by atoms with Crippen molar-refractivity contribution < 1.29 is 23.5 Å². The molecule has 0 radical (unpaired) electrons. The number of hydrogen-bond donors (Lipinski definition) is 3. The Labute approximate surface area is 190 Å². The van der Waals surface area contributed by atoms with Crippen LogP contribution in [0.5, 0.6) is 0 Å². The number of ether oxygens (including phenoxy) is 1. The maximum atomic E-state index is 12.5. The van der Waals surface area contributed by atoms with Crippen molar-refractivity contribution in [3.63, 3.8) is 0 Å². The van der Waals surface area contributed by atoms with Gasteiger partial charge in [0.25, 0.3) is 0 Å². The number of nitrogens with zero attached hydrogens (tertiary/aromatic N) is 4. The monoisotopic (exact) mass is 466 g/mol. The van der Waals surface area contributed by atoms with Gasteiger partial charge in [-0.3, -0.25) is 9.32 Å². The zero-order valence-electron chi connectivity index (χ0n) is 17.3. The van der Waals surface area contributed by atoms with Gasteiger partial charge in [-0.1, -0.05) is 28.6 Å². The average Bonchev–Trinajstić information content (AvgIpc) is 3.14. The van der Waals surface area contributed by atoms with Gasteiger partial charge in [-0.2, -0.15) is 10.5 Å². The summed E-state index contributed by atoms with van der Waals surface area (Å²) in [7, 11) is 2.68. The number of pyridine rings is 1. The van der Waals surface area contributed by atoms with Crippen LogP contribution in [0.1, 0.15) is 21.5 Å². The van der Waals surface area contributed by atoms with Crippen molar-refractivity contribution in [2.45, 2.75) is 5.03 Å². The van der Waals surface area contributed by atoms with Crippen LogP contribution in [-0.4, -0.2) is 35.0 Å². The number of aromatic amines is 1. The van der Waals surface area contributed by atoms with E-state index in [2.05, 4.69) is 15.6 Å². The Morgan fingerprint density at radius 3 is 2.61 bits per heavy atom. The molecule has 0 aliphatic rings. The van der Waals surface area contributed by atoms with Crippen LogP contribution in [0.4, 0.5) is 11.5 Å². The number of amides is 1. The van der Waals surface area contributed by atoms with Gasteiger partial charge in [0.05, 0.1) is 29.7 Å². The van der Waals surface area contributed by atoms with Crippen LogP contribution >= 0.6 is 11.8 Å². The number of para-hydroxylation sites is 1. The predicted octanol–water partition coefficient (Wildman–Crippen LogP) is 0.697. The minimum Gasteiger partial charge on any atom is -0.465 e. The number of nitrogen functional groups attached to an aromatic ring is 1. The van der Waals surface area contributed by atoms with Crippen LogP contribution in [0.25, 0.3) is 11.3 Å². The van der Waals surface area contributed by atoms with Gasteiger partial charge in [0.15, 0.2) is 7.05 Å². The zero-order chi connectivity index (χ0) is 24.1. The van der Waals surface area contributed by atoms with Crippen molar-refractivity contribution in [2.75, 3.05) is 23.9 Å². The number of rotatable bonds is 6. The quantitative estimate of drug-likeness (QED) is 0.264. The first kappa shape index (κ1) is 23.1. The number of aromatic nitrogens is 3. The summed E-state index contributed by atoms with van der Waals surface area (Å²) in [6, 6.07) is 10.1. The van der Waals surface area contributed by atoms with Crippen molar-refractivity contribution in [3.8, 4) is 23.4 Å². The molecule has 3 rings (SSSR count). The lowest BCUT2D eigenvalue weighted by Gasteiger charge is -2.11. The van der Waals surface area contributed by atoms with Crippen LogP contribution < -0.4 is 21.4 Å². The number of benzene rings is 1. The largest absolute Gasteiger partial charge is 0.465 e. The van der Waals surface area contributed by atoms with Gasteiger partial charge in [-0.25, -0.2) is 14.6 Å². The van der Waals surface area contributed by atoms with Crippen molar-refractivity contribution >= 4 is 35.1 Å². The molecule has 12 nitrogen and oxygen atoms in total. The normalized spacial score (nSPS) is 10.2. The highest BCUT2D eigenvalue weighted by molar-refractivity contribution is 8.00. The first-order chi connectivity index (χ1) is 15.8. The Morgan fingerprint density at radius 1 is 1.30 bits per heavy atom. The van der Waals surface area contributed by atoms with Crippen molar-refractivity contribution in [3.05, 3.63) is 51.4 Å². The van der Waals surface area contributed by atoms with Gasteiger partial charge in [-0.05, 0) is 17.4 Å². The molecule has 1 aromatic carbocycles. The fourth-order valence-corrected chi connectivity index (χ4v) is 3.75. The molecule has 0 atom stereocenters. The van der Waals surface area contributed by atoms with E-state index in [1.165, 1.54) is 31.0 Å². The molecule has 13 heteroatoms. The summed E-state index contributed by atoms with van der Waals surface area (Å²) in [6.45, 7) is 0. The standard InChI is InChI=1S/C20H15N7O5S/c1-27-16(20(30)32-26-27)15-11(7-21)17(23)25-18(12(15)8-22)33-9-14(28)24-13-6-4-3-5-10(13)19(29)31-2/h3-6H,9H2,1-2H3,(H3-,23,24,25,26,28,29,30)/p+1. The number of nitriles is 2. The van der Waals surface area contributed by atoms with Crippen molar-refractivity contribution in [1.29, 1.82) is 10.5 Å². The molecule has 0 saturated carbocycles. The maximum Gasteiger partial charge on any atom is 0.435 e. The van der Waals surface area contributed by atoms with Crippen molar-refractivity contribution in [1.82, 2.24) is 10.3 Å². The summed E-state index contributed by atoms with van der Waals surface area (Å²) < 4.78 is 10.6. The van der Waals surface area contributed by atoms with Crippen LogP contribution in [0.2, 0.25) is 0 Å². The van der Waals surface area contributed by atoms with Gasteiger partial charge >= 0.3 is 17.3 Å². The molecule has 2 aromatic heterocycles. The second kappa shape index (κ2) is 9.67. The number of hydrogen-bond acceptors (Lipinski definition) is 10. The SMILES string of the molecule is COC(=O)c1ccccc1NC(=O)CSc1nc(N)c(C#N)c(-c2c(=O)o[nH][n+]2C)c1C#N. The van der Waals surface area contributed by atoms with Crippen LogP contribution in [0.15, 0.2) is 38.6 Å². The molecule has 33 heavy (non-hydrogen) atoms. The molecule has 0 aliphatic carbocycles. The molecule has 0 fully saturated rings. The fraction of sp³-hybridized carbons (Fsp3) is 0.150. The van der Waals surface area contributed by atoms with Gasteiger partial charge in [0, 0.05) is 0 Å². The average molecular weight is 466 g/mol. The molecule has 0 aliphatic heterocycles. The van der Waals surface area contributed by atoms with Crippen LogP contribution in [0, 0.1) is 22.7 Å². The summed E-state index contributed by atoms with van der Waals surface area (Å²) in [5, 5.41) is 24.2. The Kier molecular flexibility index (Phi) is 6.76. The maximum absolute atomic E-state index is 12.5. The third-order valence-electron chi connectivity index (χ3n) is 4.40. The van der Waals surface area contributed by atoms with E-state index in [-0.39, 0.29) is 50.2 Å². The molecule has 4 N–H and O–H groups in total. The molecular formula is C20H16N7O5S+. The minimum atomic E-state index is -0.816. The molecular weight excluding hydrogens is 450 g/mol. The second-order valence-electron chi connectivity index (χ2n) is 6.41. The fourth-order valence-electron chi connectivity index (χ4n) is 2.95. The number of esters is 1. The first-order valence-electron chi connectivity index (χ1n) is 9.13. The lowest BCUT2D eigenvalue weighted by molar-refractivity contribution is -0.730. The van der Waals surface area contributed by atoms with Gasteiger partial charge in [-0.15, -0.1) is 0 Å². The number of H-pyrrole nitrogens is 1. The van der Waals surface area contributed by atoms with Gasteiger partial charge in [0.2, 0.25) is 5.91 Å². The number of nitrogens with one attached hydrogen (secondary N) is 2. The summed E-state index contributed by atoms with van der Waals surface area (Å²) in [5.74, 6) is -1.55. The van der Waals surface area contributed by atoms with Crippen LogP contribution in [-0.2, 0) is 16.6 Å². The molecule has 166 valence electrons. The van der Waals surface area contributed by atoms with E-state index in [1.54, 1.807) is 12.1 Å². The Hall–Kier alpha value is -4.62. The van der Waals surface area contributed by atoms with E-state index < -0.39 is 17.5 Å². The highest BCUT2D eigenvalue weighted by Crippen LogP contribution is 2.33. The Morgan fingerprint density at radius 2 is 2.00 bits per heavy atom. The first-order valence-corrected chi connectivity index (χ1v) is 10.1. The number of nitrogens with two attached hydrogens (primary N) is 1. The molecule has 0 unspecified atom stereocenters. The van der Waals surface area contributed by atoms with Gasteiger partial charge in [0.1, 0.15) is 34.1 Å². The topological polar surface area (TPSA) is 192 Å². The molecule has 2 heterocycles. The van der Waals surface area contributed by atoms with E-state index in [0.29, 0.717) is 0 Å². The van der Waals surface area contributed by atoms with E-state index in [4.69, 9.17) is 15.0 Å². The molecule has 3 aromatic rings. The Bertz CT molecular complexity index is 1400.